The van der Waals surface area contributed by atoms with Gasteiger partial charge in [-0.05, 0) is 44.2 Å². The average Bonchev–Trinajstić information content (AvgIpc) is 2.42. The summed E-state index contributed by atoms with van der Waals surface area (Å²) in [7, 11) is 0. The summed E-state index contributed by atoms with van der Waals surface area (Å²) in [6.45, 7) is 3.96. The second kappa shape index (κ2) is 6.59. The van der Waals surface area contributed by atoms with Crippen LogP contribution in [0.1, 0.15) is 24.2 Å². The molecule has 1 amide bonds. The summed E-state index contributed by atoms with van der Waals surface area (Å²) < 4.78 is 13.7. The molecule has 0 saturated carbocycles. The van der Waals surface area contributed by atoms with Crippen molar-refractivity contribution in [2.24, 2.45) is 0 Å². The van der Waals surface area contributed by atoms with Crippen molar-refractivity contribution in [1.82, 2.24) is 0 Å². The van der Waals surface area contributed by atoms with Crippen LogP contribution in [0.15, 0.2) is 42.5 Å². The van der Waals surface area contributed by atoms with E-state index in [0.717, 1.165) is 6.07 Å². The maximum atomic E-state index is 13.7. The third-order valence-electron chi connectivity index (χ3n) is 2.80. The fourth-order valence-corrected chi connectivity index (χ4v) is 2.06. The monoisotopic (exact) mass is 306 g/mol. The number of anilines is 2. The number of para-hydroxylation sites is 1. The van der Waals surface area contributed by atoms with Gasteiger partial charge in [-0.15, -0.1) is 0 Å². The van der Waals surface area contributed by atoms with E-state index in [1.165, 1.54) is 12.1 Å². The van der Waals surface area contributed by atoms with Crippen molar-refractivity contribution in [2.45, 2.75) is 19.9 Å². The molecule has 0 aromatic heterocycles. The third kappa shape index (κ3) is 3.95. The van der Waals surface area contributed by atoms with E-state index in [9.17, 15) is 9.18 Å². The summed E-state index contributed by atoms with van der Waals surface area (Å²) in [6, 6.07) is 11.4. The van der Waals surface area contributed by atoms with E-state index >= 15 is 0 Å². The Balaban J connectivity index is 2.24. The minimum absolute atomic E-state index is 0.101. The Labute approximate surface area is 128 Å². The van der Waals surface area contributed by atoms with Gasteiger partial charge in [0, 0.05) is 16.8 Å². The zero-order chi connectivity index (χ0) is 15.4. The summed E-state index contributed by atoms with van der Waals surface area (Å²) in [5, 5.41) is 6.03. The SMILES string of the molecule is CC(C)Nc1ccccc1C(=O)Nc1ccc(Cl)cc1F. The van der Waals surface area contributed by atoms with Crippen LogP contribution in [0.4, 0.5) is 15.8 Å². The molecule has 2 aromatic rings. The number of hydrogen-bond acceptors (Lipinski definition) is 2. The first-order chi connectivity index (χ1) is 9.97. The number of halogens is 2. The van der Waals surface area contributed by atoms with Gasteiger partial charge in [0.15, 0.2) is 0 Å². The van der Waals surface area contributed by atoms with Gasteiger partial charge >= 0.3 is 0 Å². The largest absolute Gasteiger partial charge is 0.382 e. The lowest BCUT2D eigenvalue weighted by Gasteiger charge is -2.14. The molecule has 0 bridgehead atoms. The number of hydrogen-bond donors (Lipinski definition) is 2. The predicted molar refractivity (Wildman–Crippen MR) is 84.6 cm³/mol. The highest BCUT2D eigenvalue weighted by Crippen LogP contribution is 2.22. The Bertz CT molecular complexity index is 658. The number of carbonyl (C=O) groups is 1. The van der Waals surface area contributed by atoms with E-state index in [1.54, 1.807) is 12.1 Å². The van der Waals surface area contributed by atoms with Crippen LogP contribution in [0, 0.1) is 5.82 Å². The Morgan fingerprint density at radius 2 is 1.86 bits per heavy atom. The lowest BCUT2D eigenvalue weighted by atomic mass is 10.1. The van der Waals surface area contributed by atoms with Crippen molar-refractivity contribution < 1.29 is 9.18 Å². The Morgan fingerprint density at radius 1 is 1.14 bits per heavy atom. The van der Waals surface area contributed by atoms with E-state index in [-0.39, 0.29) is 22.7 Å². The summed E-state index contributed by atoms with van der Waals surface area (Å²) in [6.07, 6.45) is 0. The summed E-state index contributed by atoms with van der Waals surface area (Å²) in [5.74, 6) is -0.940. The fourth-order valence-electron chi connectivity index (χ4n) is 1.90. The molecule has 0 saturated heterocycles. The van der Waals surface area contributed by atoms with Gasteiger partial charge in [0.25, 0.3) is 5.91 Å². The first-order valence-corrected chi connectivity index (χ1v) is 6.97. The van der Waals surface area contributed by atoms with Gasteiger partial charge in [-0.25, -0.2) is 4.39 Å². The zero-order valence-electron chi connectivity index (χ0n) is 11.8. The van der Waals surface area contributed by atoms with E-state index in [0.29, 0.717) is 11.3 Å². The van der Waals surface area contributed by atoms with Crippen LogP contribution in [0.3, 0.4) is 0 Å². The molecule has 0 unspecified atom stereocenters. The first kappa shape index (κ1) is 15.3. The van der Waals surface area contributed by atoms with E-state index in [4.69, 9.17) is 11.6 Å². The van der Waals surface area contributed by atoms with Crippen LogP contribution in [0.25, 0.3) is 0 Å². The van der Waals surface area contributed by atoms with Crippen LogP contribution in [-0.4, -0.2) is 11.9 Å². The molecule has 0 aliphatic heterocycles. The van der Waals surface area contributed by atoms with Crippen molar-refractivity contribution in [3.05, 3.63) is 58.9 Å². The predicted octanol–water partition coefficient (Wildman–Crippen LogP) is 4.55. The maximum Gasteiger partial charge on any atom is 0.257 e. The van der Waals surface area contributed by atoms with Gasteiger partial charge in [-0.1, -0.05) is 23.7 Å². The molecule has 2 aromatic carbocycles. The third-order valence-corrected chi connectivity index (χ3v) is 3.03. The first-order valence-electron chi connectivity index (χ1n) is 6.59. The molecule has 110 valence electrons. The van der Waals surface area contributed by atoms with Gasteiger partial charge in [0.1, 0.15) is 5.82 Å². The molecule has 5 heteroatoms. The van der Waals surface area contributed by atoms with E-state index in [1.807, 2.05) is 26.0 Å². The Hall–Kier alpha value is -2.07. The highest BCUT2D eigenvalue weighted by molar-refractivity contribution is 6.30. The minimum Gasteiger partial charge on any atom is -0.382 e. The van der Waals surface area contributed by atoms with Crippen LogP contribution in [-0.2, 0) is 0 Å². The fraction of sp³-hybridized carbons (Fsp3) is 0.188. The molecular weight excluding hydrogens is 291 g/mol. The molecule has 0 heterocycles. The maximum absolute atomic E-state index is 13.7. The van der Waals surface area contributed by atoms with Crippen LogP contribution >= 0.6 is 11.6 Å². The molecule has 2 N–H and O–H groups in total. The summed E-state index contributed by atoms with van der Waals surface area (Å²) >= 11 is 5.69. The van der Waals surface area contributed by atoms with Crippen LogP contribution in [0.2, 0.25) is 5.02 Å². The Morgan fingerprint density at radius 3 is 2.52 bits per heavy atom. The van der Waals surface area contributed by atoms with Gasteiger partial charge in [0.05, 0.1) is 11.3 Å². The molecule has 0 aliphatic rings. The smallest absolute Gasteiger partial charge is 0.257 e. The molecule has 0 radical (unpaired) electrons. The molecule has 0 atom stereocenters. The zero-order valence-corrected chi connectivity index (χ0v) is 12.5. The van der Waals surface area contributed by atoms with Crippen molar-refractivity contribution in [3.63, 3.8) is 0 Å². The second-order valence-electron chi connectivity index (χ2n) is 4.92. The molecule has 0 spiro atoms. The standard InChI is InChI=1S/C16H16ClFN2O/c1-10(2)19-14-6-4-3-5-12(14)16(21)20-15-8-7-11(17)9-13(15)18/h3-10,19H,1-2H3,(H,20,21). The van der Waals surface area contributed by atoms with Crippen molar-refractivity contribution in [2.75, 3.05) is 10.6 Å². The molecule has 21 heavy (non-hydrogen) atoms. The van der Waals surface area contributed by atoms with E-state index < -0.39 is 5.82 Å². The van der Waals surface area contributed by atoms with Crippen LogP contribution in [0.5, 0.6) is 0 Å². The van der Waals surface area contributed by atoms with Gasteiger partial charge in [-0.2, -0.15) is 0 Å². The molecule has 3 nitrogen and oxygen atoms in total. The van der Waals surface area contributed by atoms with Gasteiger partial charge < -0.3 is 10.6 Å². The lowest BCUT2D eigenvalue weighted by molar-refractivity contribution is 0.102. The van der Waals surface area contributed by atoms with Gasteiger partial charge in [-0.3, -0.25) is 4.79 Å². The molecule has 0 fully saturated rings. The number of carbonyl (C=O) groups excluding carboxylic acids is 1. The lowest BCUT2D eigenvalue weighted by Crippen LogP contribution is -2.18. The molecular formula is C16H16ClFN2O. The minimum atomic E-state index is -0.565. The summed E-state index contributed by atoms with van der Waals surface area (Å²) in [4.78, 5) is 12.3. The topological polar surface area (TPSA) is 41.1 Å². The second-order valence-corrected chi connectivity index (χ2v) is 5.36. The van der Waals surface area contributed by atoms with E-state index in [2.05, 4.69) is 10.6 Å². The van der Waals surface area contributed by atoms with Crippen LogP contribution < -0.4 is 10.6 Å². The highest BCUT2D eigenvalue weighted by atomic mass is 35.5. The molecule has 0 aliphatic carbocycles. The van der Waals surface area contributed by atoms with Crippen molar-refractivity contribution in [1.29, 1.82) is 0 Å². The number of amides is 1. The average molecular weight is 307 g/mol. The number of benzene rings is 2. The Kier molecular flexibility index (Phi) is 4.81. The highest BCUT2D eigenvalue weighted by Gasteiger charge is 2.13. The van der Waals surface area contributed by atoms with Gasteiger partial charge in [0.2, 0.25) is 0 Å². The van der Waals surface area contributed by atoms with Crippen molar-refractivity contribution in [3.8, 4) is 0 Å². The summed E-state index contributed by atoms with van der Waals surface area (Å²) in [5.41, 5.74) is 1.27. The number of nitrogens with one attached hydrogen (secondary N) is 2. The quantitative estimate of drug-likeness (QED) is 0.870. The molecule has 2 rings (SSSR count). The van der Waals surface area contributed by atoms with Crippen molar-refractivity contribution >= 4 is 28.9 Å². The number of rotatable bonds is 4. The normalized spacial score (nSPS) is 10.5.